The molecule has 3 aromatic rings. The molecular weight excluding hydrogens is 358 g/mol. The van der Waals surface area contributed by atoms with Crippen LogP contribution in [-0.2, 0) is 11.3 Å². The maximum absolute atomic E-state index is 12.4. The third kappa shape index (κ3) is 2.60. The van der Waals surface area contributed by atoms with Crippen LogP contribution in [0.25, 0.3) is 21.8 Å². The van der Waals surface area contributed by atoms with Crippen molar-refractivity contribution in [2.24, 2.45) is 5.92 Å². The summed E-state index contributed by atoms with van der Waals surface area (Å²) in [7, 11) is 0. The number of nitrogens with zero attached hydrogens (tertiary/aromatic N) is 2. The summed E-state index contributed by atoms with van der Waals surface area (Å²) in [5.74, 6) is 0.551. The molecule has 1 N–H and O–H groups in total. The molecule has 1 aliphatic heterocycles. The Hall–Kier alpha value is -1.66. The van der Waals surface area contributed by atoms with Crippen molar-refractivity contribution < 1.29 is 4.74 Å². The monoisotopic (exact) mass is 375 g/mol. The predicted molar refractivity (Wildman–Crippen MR) is 93.8 cm³/mol. The highest BCUT2D eigenvalue weighted by Crippen LogP contribution is 2.28. The quantitative estimate of drug-likeness (QED) is 0.746. The van der Waals surface area contributed by atoms with Gasteiger partial charge in [0.15, 0.2) is 0 Å². The minimum Gasteiger partial charge on any atom is -0.381 e. The Kier molecular flexibility index (Phi) is 3.73. The van der Waals surface area contributed by atoms with Crippen LogP contribution >= 0.6 is 15.9 Å². The molecule has 5 nitrogen and oxygen atoms in total. The lowest BCUT2D eigenvalue weighted by atomic mass is 10.0. The zero-order valence-electron chi connectivity index (χ0n) is 12.9. The van der Waals surface area contributed by atoms with E-state index in [9.17, 15) is 4.79 Å². The highest BCUT2D eigenvalue weighted by molar-refractivity contribution is 9.10. The number of benzene rings is 1. The molecule has 23 heavy (non-hydrogen) atoms. The Labute approximate surface area is 141 Å². The molecule has 0 atom stereocenters. The Morgan fingerprint density at radius 1 is 1.35 bits per heavy atom. The number of halogens is 1. The van der Waals surface area contributed by atoms with Crippen molar-refractivity contribution in [3.63, 3.8) is 0 Å². The molecule has 0 spiro atoms. The minimum atomic E-state index is -0.0764. The standard InChI is InChI=1S/C17H18BrN3O2/c1-10-6-15-12(7-14(10)18)16-13(17(22)20-15)8-19-21(16)9-11-2-4-23-5-3-11/h6-8,11H,2-5,9H2,1H3,(H,20,22). The minimum absolute atomic E-state index is 0.0764. The van der Waals surface area contributed by atoms with Crippen LogP contribution in [0.3, 0.4) is 0 Å². The van der Waals surface area contributed by atoms with Gasteiger partial charge in [-0.15, -0.1) is 0 Å². The average Bonchev–Trinajstić information content (AvgIpc) is 2.95. The fraction of sp³-hybridized carbons (Fsp3) is 0.412. The Morgan fingerprint density at radius 3 is 2.91 bits per heavy atom. The number of aryl methyl sites for hydroxylation is 1. The van der Waals surface area contributed by atoms with E-state index < -0.39 is 0 Å². The van der Waals surface area contributed by atoms with Gasteiger partial charge in [0, 0.05) is 29.6 Å². The molecule has 0 amide bonds. The molecule has 0 aliphatic carbocycles. The number of aromatic amines is 1. The zero-order valence-corrected chi connectivity index (χ0v) is 14.5. The molecule has 0 saturated carbocycles. The summed E-state index contributed by atoms with van der Waals surface area (Å²) in [6.45, 7) is 4.48. The summed E-state index contributed by atoms with van der Waals surface area (Å²) in [5, 5.41) is 6.18. The highest BCUT2D eigenvalue weighted by atomic mass is 79.9. The van der Waals surface area contributed by atoms with Gasteiger partial charge in [-0.2, -0.15) is 5.10 Å². The van der Waals surface area contributed by atoms with E-state index in [1.165, 1.54) is 0 Å². The molecule has 6 heteroatoms. The van der Waals surface area contributed by atoms with Crippen molar-refractivity contribution in [2.75, 3.05) is 13.2 Å². The summed E-state index contributed by atoms with van der Waals surface area (Å²) >= 11 is 3.59. The highest BCUT2D eigenvalue weighted by Gasteiger charge is 2.18. The number of hydrogen-bond donors (Lipinski definition) is 1. The lowest BCUT2D eigenvalue weighted by Gasteiger charge is -2.22. The lowest BCUT2D eigenvalue weighted by Crippen LogP contribution is -2.21. The first-order valence-corrected chi connectivity index (χ1v) is 8.68. The number of aromatic nitrogens is 3. The van der Waals surface area contributed by atoms with Gasteiger partial charge in [-0.25, -0.2) is 0 Å². The van der Waals surface area contributed by atoms with Gasteiger partial charge in [0.1, 0.15) is 0 Å². The zero-order chi connectivity index (χ0) is 16.0. The third-order valence-electron chi connectivity index (χ3n) is 4.66. The largest absolute Gasteiger partial charge is 0.381 e. The van der Waals surface area contributed by atoms with Crippen LogP contribution in [0.2, 0.25) is 0 Å². The molecule has 0 bridgehead atoms. The molecule has 1 fully saturated rings. The first kappa shape index (κ1) is 14.9. The third-order valence-corrected chi connectivity index (χ3v) is 5.51. The first-order chi connectivity index (χ1) is 11.1. The average molecular weight is 376 g/mol. The fourth-order valence-electron chi connectivity index (χ4n) is 3.32. The van der Waals surface area contributed by atoms with Crippen LogP contribution in [0.4, 0.5) is 0 Å². The lowest BCUT2D eigenvalue weighted by molar-refractivity contribution is 0.0606. The van der Waals surface area contributed by atoms with Crippen LogP contribution in [0, 0.1) is 12.8 Å². The van der Waals surface area contributed by atoms with Crippen molar-refractivity contribution >= 4 is 37.7 Å². The SMILES string of the molecule is Cc1cc2[nH]c(=O)c3cnn(CC4CCOCC4)c3c2cc1Br. The van der Waals surface area contributed by atoms with Crippen LogP contribution in [0.5, 0.6) is 0 Å². The maximum Gasteiger partial charge on any atom is 0.259 e. The number of pyridine rings is 1. The van der Waals surface area contributed by atoms with E-state index in [0.29, 0.717) is 11.3 Å². The number of H-pyrrole nitrogens is 1. The Balaban J connectivity index is 1.91. The summed E-state index contributed by atoms with van der Waals surface area (Å²) < 4.78 is 8.46. The number of ether oxygens (including phenoxy) is 1. The summed E-state index contributed by atoms with van der Waals surface area (Å²) in [4.78, 5) is 15.3. The first-order valence-electron chi connectivity index (χ1n) is 7.89. The molecule has 1 aliphatic rings. The van der Waals surface area contributed by atoms with Crippen LogP contribution in [0.1, 0.15) is 18.4 Å². The van der Waals surface area contributed by atoms with Crippen molar-refractivity contribution in [1.29, 1.82) is 0 Å². The van der Waals surface area contributed by atoms with E-state index >= 15 is 0 Å². The second-order valence-corrected chi connectivity index (χ2v) is 7.10. The van der Waals surface area contributed by atoms with Crippen molar-refractivity contribution in [1.82, 2.24) is 14.8 Å². The molecule has 4 rings (SSSR count). The van der Waals surface area contributed by atoms with Crippen molar-refractivity contribution in [3.8, 4) is 0 Å². The fourth-order valence-corrected chi connectivity index (χ4v) is 3.66. The predicted octanol–water partition coefficient (Wildman–Crippen LogP) is 3.38. The van der Waals surface area contributed by atoms with E-state index in [1.54, 1.807) is 6.20 Å². The van der Waals surface area contributed by atoms with Crippen LogP contribution in [0.15, 0.2) is 27.6 Å². The normalized spacial score (nSPS) is 16.4. The Bertz CT molecular complexity index is 938. The summed E-state index contributed by atoms with van der Waals surface area (Å²) in [6.07, 6.45) is 3.78. The maximum atomic E-state index is 12.4. The molecule has 3 heterocycles. The topological polar surface area (TPSA) is 59.9 Å². The van der Waals surface area contributed by atoms with Gasteiger partial charge in [-0.1, -0.05) is 15.9 Å². The van der Waals surface area contributed by atoms with E-state index in [0.717, 1.165) is 59.1 Å². The molecule has 120 valence electrons. The van der Waals surface area contributed by atoms with Crippen molar-refractivity contribution in [2.45, 2.75) is 26.3 Å². The molecular formula is C17H18BrN3O2. The van der Waals surface area contributed by atoms with Gasteiger partial charge in [0.2, 0.25) is 0 Å². The van der Waals surface area contributed by atoms with Gasteiger partial charge < -0.3 is 9.72 Å². The van der Waals surface area contributed by atoms with Gasteiger partial charge in [-0.3, -0.25) is 9.48 Å². The number of rotatable bonds is 2. The van der Waals surface area contributed by atoms with Gasteiger partial charge in [0.25, 0.3) is 5.56 Å². The van der Waals surface area contributed by atoms with E-state index in [1.807, 2.05) is 17.7 Å². The molecule has 2 aromatic heterocycles. The number of fused-ring (bicyclic) bond motifs is 3. The van der Waals surface area contributed by atoms with Gasteiger partial charge in [-0.05, 0) is 43.4 Å². The van der Waals surface area contributed by atoms with E-state index in [2.05, 4.69) is 32.1 Å². The van der Waals surface area contributed by atoms with E-state index in [4.69, 9.17) is 4.74 Å². The molecule has 0 unspecified atom stereocenters. The number of hydrogen-bond acceptors (Lipinski definition) is 3. The van der Waals surface area contributed by atoms with Crippen LogP contribution in [-0.4, -0.2) is 28.0 Å². The summed E-state index contributed by atoms with van der Waals surface area (Å²) in [5.41, 5.74) is 2.81. The van der Waals surface area contributed by atoms with Gasteiger partial charge in [0.05, 0.1) is 22.6 Å². The molecule has 1 aromatic carbocycles. The van der Waals surface area contributed by atoms with Crippen molar-refractivity contribution in [3.05, 3.63) is 38.7 Å². The molecule has 1 saturated heterocycles. The second kappa shape index (κ2) is 5.76. The smallest absolute Gasteiger partial charge is 0.259 e. The second-order valence-electron chi connectivity index (χ2n) is 6.25. The van der Waals surface area contributed by atoms with Gasteiger partial charge >= 0.3 is 0 Å². The molecule has 0 radical (unpaired) electrons. The number of nitrogens with one attached hydrogen (secondary N) is 1. The summed E-state index contributed by atoms with van der Waals surface area (Å²) in [6, 6.07) is 4.08. The van der Waals surface area contributed by atoms with E-state index in [-0.39, 0.29) is 5.56 Å². The Morgan fingerprint density at radius 2 is 2.13 bits per heavy atom. The van der Waals surface area contributed by atoms with Crippen LogP contribution < -0.4 is 5.56 Å².